The van der Waals surface area contributed by atoms with Crippen LogP contribution in [-0.4, -0.2) is 14.3 Å². The predicted molar refractivity (Wildman–Crippen MR) is 95.1 cm³/mol. The summed E-state index contributed by atoms with van der Waals surface area (Å²) >= 11 is 0. The first-order valence-electron chi connectivity index (χ1n) is 8.12. The van der Waals surface area contributed by atoms with Gasteiger partial charge in [-0.2, -0.15) is 5.10 Å². The number of aryl methyl sites for hydroxylation is 2. The fourth-order valence-electron chi connectivity index (χ4n) is 2.96. The first-order valence-corrected chi connectivity index (χ1v) is 8.12. The highest BCUT2D eigenvalue weighted by molar-refractivity contribution is 5.36. The maximum atomic E-state index is 12.1. The second kappa shape index (κ2) is 5.66. The lowest BCUT2D eigenvalue weighted by Crippen LogP contribution is -2.24. The van der Waals surface area contributed by atoms with Crippen LogP contribution < -0.4 is 5.56 Å². The highest BCUT2D eigenvalue weighted by atomic mass is 16.1. The topological polar surface area (TPSA) is 39.8 Å². The molecular formula is C19H29N3O. The number of rotatable bonds is 2. The molecule has 0 fully saturated rings. The molecule has 0 amide bonds. The van der Waals surface area contributed by atoms with Crippen LogP contribution in [0.4, 0.5) is 0 Å². The molecule has 0 aromatic carbocycles. The zero-order chi connectivity index (χ0) is 17.6. The standard InChI is InChI=1S/C19H29N3O/c1-18(2,3)14-11-21(7)17(23)10-13(14)9-16-15(19(4,5)6)12-22(8)20-16/h10-12H,9H2,1-8H3. The fraction of sp³-hybridized carbons (Fsp3) is 0.579. The summed E-state index contributed by atoms with van der Waals surface area (Å²) in [5.41, 5.74) is 4.61. The Morgan fingerprint density at radius 2 is 1.52 bits per heavy atom. The Balaban J connectivity index is 2.58. The Labute approximate surface area is 139 Å². The van der Waals surface area contributed by atoms with Crippen molar-refractivity contribution in [2.24, 2.45) is 14.1 Å². The van der Waals surface area contributed by atoms with Crippen LogP contribution in [0.1, 0.15) is 63.9 Å². The molecule has 4 nitrogen and oxygen atoms in total. The van der Waals surface area contributed by atoms with E-state index in [-0.39, 0.29) is 16.4 Å². The minimum absolute atomic E-state index is 0.0164. The molecule has 4 heteroatoms. The van der Waals surface area contributed by atoms with E-state index in [9.17, 15) is 4.79 Å². The molecule has 23 heavy (non-hydrogen) atoms. The Bertz CT molecular complexity index is 767. The van der Waals surface area contributed by atoms with Crippen molar-refractivity contribution < 1.29 is 0 Å². The molecule has 126 valence electrons. The van der Waals surface area contributed by atoms with Gasteiger partial charge >= 0.3 is 0 Å². The van der Waals surface area contributed by atoms with Crippen molar-refractivity contribution >= 4 is 0 Å². The molecular weight excluding hydrogens is 286 g/mol. The van der Waals surface area contributed by atoms with Gasteiger partial charge in [0.25, 0.3) is 5.56 Å². The van der Waals surface area contributed by atoms with Gasteiger partial charge in [0.1, 0.15) is 0 Å². The molecule has 2 aromatic rings. The van der Waals surface area contributed by atoms with Gasteiger partial charge in [-0.15, -0.1) is 0 Å². The zero-order valence-corrected chi connectivity index (χ0v) is 15.7. The summed E-state index contributed by atoms with van der Waals surface area (Å²) in [6.45, 7) is 13.1. The maximum absolute atomic E-state index is 12.1. The molecule has 2 heterocycles. The predicted octanol–water partition coefficient (Wildman–Crippen LogP) is 3.30. The molecule has 0 atom stereocenters. The van der Waals surface area contributed by atoms with Crippen LogP contribution in [0, 0.1) is 0 Å². The second-order valence-corrected chi connectivity index (χ2v) is 8.50. The molecule has 2 aromatic heterocycles. The third kappa shape index (κ3) is 3.74. The van der Waals surface area contributed by atoms with E-state index in [4.69, 9.17) is 0 Å². The first kappa shape index (κ1) is 17.5. The van der Waals surface area contributed by atoms with Crippen molar-refractivity contribution in [1.82, 2.24) is 14.3 Å². The van der Waals surface area contributed by atoms with Crippen LogP contribution in [-0.2, 0) is 31.3 Å². The average molecular weight is 315 g/mol. The van der Waals surface area contributed by atoms with E-state index < -0.39 is 0 Å². The summed E-state index contributed by atoms with van der Waals surface area (Å²) < 4.78 is 3.53. The average Bonchev–Trinajstić information content (AvgIpc) is 2.73. The Kier molecular flexibility index (Phi) is 4.31. The first-order chi connectivity index (χ1) is 10.4. The van der Waals surface area contributed by atoms with Crippen molar-refractivity contribution in [1.29, 1.82) is 0 Å². The van der Waals surface area contributed by atoms with Gasteiger partial charge in [0.2, 0.25) is 0 Å². The van der Waals surface area contributed by atoms with Crippen LogP contribution in [0.5, 0.6) is 0 Å². The molecule has 0 aliphatic heterocycles. The number of hydrogen-bond donors (Lipinski definition) is 0. The molecule has 0 saturated heterocycles. The van der Waals surface area contributed by atoms with Gasteiger partial charge in [0.05, 0.1) is 5.69 Å². The van der Waals surface area contributed by atoms with E-state index >= 15 is 0 Å². The molecule has 0 saturated carbocycles. The summed E-state index contributed by atoms with van der Waals surface area (Å²) in [5, 5.41) is 4.66. The van der Waals surface area contributed by atoms with Gasteiger partial charge in [0.15, 0.2) is 0 Å². The van der Waals surface area contributed by atoms with Crippen molar-refractivity contribution in [2.45, 2.75) is 58.8 Å². The van der Waals surface area contributed by atoms with E-state index in [1.165, 1.54) is 11.1 Å². The quantitative estimate of drug-likeness (QED) is 0.853. The van der Waals surface area contributed by atoms with Gasteiger partial charge < -0.3 is 4.57 Å². The maximum Gasteiger partial charge on any atom is 0.250 e. The van der Waals surface area contributed by atoms with E-state index in [2.05, 4.69) is 52.8 Å². The summed E-state index contributed by atoms with van der Waals surface area (Å²) in [6.07, 6.45) is 4.75. The molecule has 0 aliphatic rings. The van der Waals surface area contributed by atoms with Gasteiger partial charge in [-0.25, -0.2) is 0 Å². The van der Waals surface area contributed by atoms with Gasteiger partial charge in [-0.05, 0) is 27.5 Å². The van der Waals surface area contributed by atoms with Gasteiger partial charge in [-0.1, -0.05) is 41.5 Å². The number of nitrogens with zero attached hydrogens (tertiary/aromatic N) is 3. The lowest BCUT2D eigenvalue weighted by Gasteiger charge is -2.24. The zero-order valence-electron chi connectivity index (χ0n) is 15.7. The van der Waals surface area contributed by atoms with E-state index in [0.717, 1.165) is 11.3 Å². The highest BCUT2D eigenvalue weighted by Crippen LogP contribution is 2.30. The summed E-state index contributed by atoms with van der Waals surface area (Å²) in [7, 11) is 3.76. The highest BCUT2D eigenvalue weighted by Gasteiger charge is 2.24. The summed E-state index contributed by atoms with van der Waals surface area (Å²) in [5.74, 6) is 0. The third-order valence-electron chi connectivity index (χ3n) is 4.19. The van der Waals surface area contributed by atoms with Crippen molar-refractivity contribution in [3.8, 4) is 0 Å². The lowest BCUT2D eigenvalue weighted by atomic mass is 9.82. The second-order valence-electron chi connectivity index (χ2n) is 8.50. The molecule has 0 unspecified atom stereocenters. The SMILES string of the molecule is Cn1cc(C(C)(C)C)c(Cc2cc(=O)n(C)cc2C(C)(C)C)n1. The normalized spacial score (nSPS) is 12.7. The molecule has 0 spiro atoms. The van der Waals surface area contributed by atoms with Crippen molar-refractivity contribution in [2.75, 3.05) is 0 Å². The molecule has 2 rings (SSSR count). The van der Waals surface area contributed by atoms with Crippen molar-refractivity contribution in [3.63, 3.8) is 0 Å². The Hall–Kier alpha value is -1.84. The van der Waals surface area contributed by atoms with E-state index in [1.807, 2.05) is 25.0 Å². The number of aromatic nitrogens is 3. The fourth-order valence-corrected chi connectivity index (χ4v) is 2.96. The Morgan fingerprint density at radius 1 is 0.957 bits per heavy atom. The molecule has 0 aliphatic carbocycles. The molecule has 0 bridgehead atoms. The number of hydrogen-bond acceptors (Lipinski definition) is 2. The van der Waals surface area contributed by atoms with Crippen LogP contribution in [0.25, 0.3) is 0 Å². The lowest BCUT2D eigenvalue weighted by molar-refractivity contribution is 0.569. The van der Waals surface area contributed by atoms with E-state index in [0.29, 0.717) is 6.42 Å². The van der Waals surface area contributed by atoms with Gasteiger partial charge in [0, 0.05) is 39.0 Å². The monoisotopic (exact) mass is 315 g/mol. The minimum atomic E-state index is -0.0164. The summed E-state index contributed by atoms with van der Waals surface area (Å²) in [6, 6.07) is 1.77. The smallest absolute Gasteiger partial charge is 0.250 e. The molecule has 0 radical (unpaired) electrons. The Morgan fingerprint density at radius 3 is 2.04 bits per heavy atom. The largest absolute Gasteiger partial charge is 0.318 e. The summed E-state index contributed by atoms with van der Waals surface area (Å²) in [4.78, 5) is 12.1. The minimum Gasteiger partial charge on any atom is -0.318 e. The van der Waals surface area contributed by atoms with Crippen LogP contribution in [0.2, 0.25) is 0 Å². The van der Waals surface area contributed by atoms with Crippen molar-refractivity contribution in [3.05, 3.63) is 51.2 Å². The van der Waals surface area contributed by atoms with E-state index in [1.54, 1.807) is 10.6 Å². The van der Waals surface area contributed by atoms with Crippen LogP contribution >= 0.6 is 0 Å². The number of pyridine rings is 1. The van der Waals surface area contributed by atoms with Crippen LogP contribution in [0.15, 0.2) is 23.3 Å². The molecule has 0 N–H and O–H groups in total. The third-order valence-corrected chi connectivity index (χ3v) is 4.19. The van der Waals surface area contributed by atoms with Gasteiger partial charge in [-0.3, -0.25) is 9.48 Å². The van der Waals surface area contributed by atoms with Crippen LogP contribution in [0.3, 0.4) is 0 Å².